The van der Waals surface area contributed by atoms with Gasteiger partial charge in [-0.25, -0.2) is 8.78 Å². The van der Waals surface area contributed by atoms with Crippen molar-refractivity contribution in [3.8, 4) is 0 Å². The molecule has 9 heteroatoms. The Morgan fingerprint density at radius 3 is 2.40 bits per heavy atom. The van der Waals surface area contributed by atoms with Crippen molar-refractivity contribution < 1.29 is 26.7 Å². The Balaban J connectivity index is 1.99. The van der Waals surface area contributed by atoms with Gasteiger partial charge in [-0.1, -0.05) is 11.6 Å². The minimum Gasteiger partial charge on any atom is -0.337 e. The molecule has 0 aliphatic carbocycles. The summed E-state index contributed by atoms with van der Waals surface area (Å²) in [7, 11) is 0. The van der Waals surface area contributed by atoms with Gasteiger partial charge in [-0.3, -0.25) is 9.69 Å². The van der Waals surface area contributed by atoms with Crippen molar-refractivity contribution in [3.63, 3.8) is 0 Å². The van der Waals surface area contributed by atoms with Crippen LogP contribution in [0.4, 0.5) is 22.0 Å². The lowest BCUT2D eigenvalue weighted by molar-refractivity contribution is -0.137. The van der Waals surface area contributed by atoms with E-state index in [2.05, 4.69) is 0 Å². The highest BCUT2D eigenvalue weighted by molar-refractivity contribution is 6.32. The number of carbonyl (C=O) groups excluding carboxylic acids is 1. The first kappa shape index (κ1) is 19.7. The molecule has 0 unspecified atom stereocenters. The summed E-state index contributed by atoms with van der Waals surface area (Å²) in [5, 5.41) is 0.0961. The molecule has 2 rings (SSSR count). The van der Waals surface area contributed by atoms with Gasteiger partial charge in [0.05, 0.1) is 12.1 Å². The fraction of sp³-hybridized carbons (Fsp3) is 0.438. The summed E-state index contributed by atoms with van der Waals surface area (Å²) in [6.07, 6.45) is -4.56. The lowest BCUT2D eigenvalue weighted by atomic mass is 10.1. The van der Waals surface area contributed by atoms with E-state index in [1.165, 1.54) is 11.0 Å². The fourth-order valence-electron chi connectivity index (χ4n) is 2.46. The summed E-state index contributed by atoms with van der Waals surface area (Å²) in [6.45, 7) is 0.888. The molecule has 1 aliphatic rings. The molecule has 25 heavy (non-hydrogen) atoms. The maximum Gasteiger partial charge on any atom is 0.416 e. The average molecular weight is 383 g/mol. The molecule has 0 saturated carbocycles. The molecule has 1 heterocycles. The molecule has 0 radical (unpaired) electrons. The van der Waals surface area contributed by atoms with Crippen LogP contribution in [0.5, 0.6) is 0 Å². The third kappa shape index (κ3) is 5.67. The number of amides is 1. The van der Waals surface area contributed by atoms with Crippen LogP contribution in [-0.4, -0.2) is 54.9 Å². The first-order chi connectivity index (χ1) is 11.7. The first-order valence-electron chi connectivity index (χ1n) is 7.51. The van der Waals surface area contributed by atoms with E-state index in [9.17, 15) is 26.7 Å². The van der Waals surface area contributed by atoms with E-state index in [-0.39, 0.29) is 30.2 Å². The molecule has 1 amide bonds. The quantitative estimate of drug-likeness (QED) is 0.584. The second-order valence-electron chi connectivity index (χ2n) is 5.58. The Kier molecular flexibility index (Phi) is 6.40. The van der Waals surface area contributed by atoms with E-state index in [1.54, 1.807) is 4.90 Å². The van der Waals surface area contributed by atoms with Gasteiger partial charge in [-0.05, 0) is 29.8 Å². The van der Waals surface area contributed by atoms with Gasteiger partial charge in [0, 0.05) is 37.3 Å². The standard InChI is InChI=1S/C16H16ClF5N2O/c17-13-3-2-12(16(20,21)22)9-11(13)1-4-15(25)24-7-5-23(6-8-24)10-14(18)19/h1-4,9,14H,5-8,10H2/b4-1+. The van der Waals surface area contributed by atoms with Gasteiger partial charge in [0.25, 0.3) is 6.43 Å². The number of hydrogen-bond donors (Lipinski definition) is 0. The number of alkyl halides is 5. The molecule has 138 valence electrons. The molecule has 1 aromatic carbocycles. The van der Waals surface area contributed by atoms with Gasteiger partial charge in [0.1, 0.15) is 0 Å². The molecule has 0 spiro atoms. The zero-order valence-corrected chi connectivity index (χ0v) is 13.8. The minimum absolute atomic E-state index is 0.0844. The van der Waals surface area contributed by atoms with E-state index in [4.69, 9.17) is 11.6 Å². The Labute approximate surface area is 146 Å². The number of hydrogen-bond acceptors (Lipinski definition) is 2. The number of benzene rings is 1. The normalized spacial score (nSPS) is 16.8. The van der Waals surface area contributed by atoms with Crippen molar-refractivity contribution in [2.75, 3.05) is 32.7 Å². The minimum atomic E-state index is -4.50. The lowest BCUT2D eigenvalue weighted by Crippen LogP contribution is -2.49. The summed E-state index contributed by atoms with van der Waals surface area (Å²) in [5.41, 5.74) is -0.772. The second-order valence-corrected chi connectivity index (χ2v) is 5.99. The van der Waals surface area contributed by atoms with Crippen LogP contribution in [0, 0.1) is 0 Å². The van der Waals surface area contributed by atoms with E-state index in [0.29, 0.717) is 13.1 Å². The summed E-state index contributed by atoms with van der Waals surface area (Å²) in [6, 6.07) is 2.86. The number of rotatable bonds is 4. The third-order valence-electron chi connectivity index (χ3n) is 3.81. The van der Waals surface area contributed by atoms with Crippen LogP contribution in [0.3, 0.4) is 0 Å². The number of halogens is 6. The zero-order chi connectivity index (χ0) is 18.6. The van der Waals surface area contributed by atoms with Crippen LogP contribution in [0.15, 0.2) is 24.3 Å². The molecular weight excluding hydrogens is 367 g/mol. The highest BCUT2D eigenvalue weighted by atomic mass is 35.5. The van der Waals surface area contributed by atoms with Crippen molar-refractivity contribution in [2.24, 2.45) is 0 Å². The predicted molar refractivity (Wildman–Crippen MR) is 84.5 cm³/mol. The molecule has 0 bridgehead atoms. The van der Waals surface area contributed by atoms with Crippen LogP contribution < -0.4 is 0 Å². The van der Waals surface area contributed by atoms with Crippen molar-refractivity contribution in [3.05, 3.63) is 40.4 Å². The molecule has 1 fully saturated rings. The topological polar surface area (TPSA) is 23.6 Å². The van der Waals surface area contributed by atoms with Gasteiger partial charge in [0.2, 0.25) is 5.91 Å². The van der Waals surface area contributed by atoms with Crippen molar-refractivity contribution >= 4 is 23.6 Å². The van der Waals surface area contributed by atoms with Gasteiger partial charge in [-0.2, -0.15) is 13.2 Å². The van der Waals surface area contributed by atoms with Gasteiger partial charge < -0.3 is 4.90 Å². The Morgan fingerprint density at radius 2 is 1.84 bits per heavy atom. The molecule has 1 saturated heterocycles. The van der Waals surface area contributed by atoms with E-state index >= 15 is 0 Å². The first-order valence-corrected chi connectivity index (χ1v) is 7.89. The lowest BCUT2D eigenvalue weighted by Gasteiger charge is -2.33. The number of nitrogens with zero attached hydrogens (tertiary/aromatic N) is 2. The molecule has 0 aromatic heterocycles. The Morgan fingerprint density at radius 1 is 1.20 bits per heavy atom. The molecule has 1 aliphatic heterocycles. The molecule has 1 aromatic rings. The third-order valence-corrected chi connectivity index (χ3v) is 4.15. The molecule has 3 nitrogen and oxygen atoms in total. The summed E-state index contributed by atoms with van der Waals surface area (Å²) in [5.74, 6) is -0.398. The summed E-state index contributed by atoms with van der Waals surface area (Å²) in [4.78, 5) is 15.1. The van der Waals surface area contributed by atoms with Gasteiger partial charge in [-0.15, -0.1) is 0 Å². The van der Waals surface area contributed by atoms with Crippen LogP contribution in [-0.2, 0) is 11.0 Å². The summed E-state index contributed by atoms with van der Waals surface area (Å²) < 4.78 is 62.8. The number of carbonyl (C=O) groups is 1. The summed E-state index contributed by atoms with van der Waals surface area (Å²) >= 11 is 5.86. The van der Waals surface area contributed by atoms with Crippen LogP contribution in [0.2, 0.25) is 5.02 Å². The maximum atomic E-state index is 12.7. The smallest absolute Gasteiger partial charge is 0.337 e. The fourth-order valence-corrected chi connectivity index (χ4v) is 2.64. The van der Waals surface area contributed by atoms with E-state index < -0.39 is 24.1 Å². The Hall–Kier alpha value is -1.67. The van der Waals surface area contributed by atoms with E-state index in [1.807, 2.05) is 0 Å². The van der Waals surface area contributed by atoms with Crippen LogP contribution in [0.25, 0.3) is 6.08 Å². The predicted octanol–water partition coefficient (Wildman–Crippen LogP) is 3.78. The monoisotopic (exact) mass is 382 g/mol. The highest BCUT2D eigenvalue weighted by Crippen LogP contribution is 2.32. The average Bonchev–Trinajstić information content (AvgIpc) is 2.53. The van der Waals surface area contributed by atoms with E-state index in [0.717, 1.165) is 24.3 Å². The van der Waals surface area contributed by atoms with Crippen LogP contribution >= 0.6 is 11.6 Å². The molecule has 0 atom stereocenters. The van der Waals surface area contributed by atoms with Crippen LogP contribution in [0.1, 0.15) is 11.1 Å². The van der Waals surface area contributed by atoms with Gasteiger partial charge >= 0.3 is 6.18 Å². The molecular formula is C16H16ClF5N2O. The SMILES string of the molecule is O=C(/C=C/c1cc(C(F)(F)F)ccc1Cl)N1CCN(CC(F)F)CC1. The largest absolute Gasteiger partial charge is 0.416 e. The Bertz CT molecular complexity index is 640. The zero-order valence-electron chi connectivity index (χ0n) is 13.1. The molecule has 0 N–H and O–H groups in total. The van der Waals surface area contributed by atoms with Gasteiger partial charge in [0.15, 0.2) is 0 Å². The highest BCUT2D eigenvalue weighted by Gasteiger charge is 2.30. The second kappa shape index (κ2) is 8.14. The van der Waals surface area contributed by atoms with Crippen molar-refractivity contribution in [2.45, 2.75) is 12.6 Å². The number of piperazine rings is 1. The maximum absolute atomic E-state index is 12.7. The van der Waals surface area contributed by atoms with Crippen molar-refractivity contribution in [1.29, 1.82) is 0 Å². The van der Waals surface area contributed by atoms with Crippen molar-refractivity contribution in [1.82, 2.24) is 9.80 Å².